The molecular formula is C26H38O3. The number of ether oxygens (including phenoxy) is 1. The Morgan fingerprint density at radius 1 is 0.897 bits per heavy atom. The van der Waals surface area contributed by atoms with Crippen molar-refractivity contribution in [3.63, 3.8) is 0 Å². The van der Waals surface area contributed by atoms with Crippen LogP contribution < -0.4 is 0 Å². The van der Waals surface area contributed by atoms with Crippen LogP contribution in [0.5, 0.6) is 0 Å². The number of hydrogen-bond acceptors (Lipinski definition) is 3. The molecule has 0 fully saturated rings. The van der Waals surface area contributed by atoms with E-state index in [1.807, 2.05) is 36.4 Å². The number of rotatable bonds is 10. The average Bonchev–Trinajstić information content (AvgIpc) is 2.72. The third-order valence-corrected chi connectivity index (χ3v) is 4.35. The summed E-state index contributed by atoms with van der Waals surface area (Å²) in [5.41, 5.74) is 2.30. The quantitative estimate of drug-likeness (QED) is 0.480. The summed E-state index contributed by atoms with van der Waals surface area (Å²) in [6, 6.07) is 16.6. The van der Waals surface area contributed by atoms with Crippen molar-refractivity contribution < 1.29 is 14.6 Å². The number of aliphatic hydroxyl groups is 1. The molecule has 0 aliphatic heterocycles. The van der Waals surface area contributed by atoms with E-state index in [1.165, 1.54) is 0 Å². The molecule has 2 aromatic rings. The van der Waals surface area contributed by atoms with Gasteiger partial charge < -0.3 is 9.84 Å². The van der Waals surface area contributed by atoms with Gasteiger partial charge in [-0.1, -0.05) is 95.6 Å². The monoisotopic (exact) mass is 398 g/mol. The fourth-order valence-electron chi connectivity index (χ4n) is 2.82. The second-order valence-electron chi connectivity index (χ2n) is 8.26. The number of carbonyl (C=O) groups excluding carboxylic acids is 1. The highest BCUT2D eigenvalue weighted by molar-refractivity contribution is 6.01. The van der Waals surface area contributed by atoms with E-state index in [1.54, 1.807) is 18.2 Å². The largest absolute Gasteiger partial charge is 0.381 e. The lowest BCUT2D eigenvalue weighted by molar-refractivity contribution is 0.0746. The second kappa shape index (κ2) is 14.1. The molecule has 0 saturated heterocycles. The van der Waals surface area contributed by atoms with Crippen molar-refractivity contribution >= 4 is 5.78 Å². The molecule has 0 amide bonds. The van der Waals surface area contributed by atoms with Crippen LogP contribution in [0.1, 0.15) is 75.0 Å². The van der Waals surface area contributed by atoms with Gasteiger partial charge in [-0.2, -0.15) is 0 Å². The first-order valence-electron chi connectivity index (χ1n) is 10.8. The Labute approximate surface area is 177 Å². The average molecular weight is 399 g/mol. The second-order valence-corrected chi connectivity index (χ2v) is 8.26. The molecule has 0 aliphatic carbocycles. The van der Waals surface area contributed by atoms with E-state index in [9.17, 15) is 9.90 Å². The van der Waals surface area contributed by atoms with Crippen LogP contribution in [0, 0.1) is 11.8 Å². The Morgan fingerprint density at radius 2 is 1.45 bits per heavy atom. The highest BCUT2D eigenvalue weighted by Gasteiger charge is 2.20. The summed E-state index contributed by atoms with van der Waals surface area (Å²) in [6.45, 7) is 12.6. The number of aryl methyl sites for hydroxylation is 1. The summed E-state index contributed by atoms with van der Waals surface area (Å²) in [7, 11) is 0. The number of hydrogen-bond donors (Lipinski definition) is 1. The van der Waals surface area contributed by atoms with Gasteiger partial charge >= 0.3 is 0 Å². The van der Waals surface area contributed by atoms with E-state index in [-0.39, 0.29) is 5.78 Å². The molecule has 2 aromatic carbocycles. The summed E-state index contributed by atoms with van der Waals surface area (Å²) in [5.74, 6) is 1.12. The lowest BCUT2D eigenvalue weighted by atomic mass is 9.94. The van der Waals surface area contributed by atoms with Gasteiger partial charge in [0.25, 0.3) is 0 Å². The van der Waals surface area contributed by atoms with Crippen LogP contribution in [-0.4, -0.2) is 24.1 Å². The SMILES string of the molecule is CC(C)COCC(C)C.CCCCc1ccccc1C(=O)C(O)c1ccccc1. The molecule has 0 bridgehead atoms. The van der Waals surface area contributed by atoms with Crippen molar-refractivity contribution in [2.45, 2.75) is 60.0 Å². The maximum Gasteiger partial charge on any atom is 0.196 e. The van der Waals surface area contributed by atoms with Crippen LogP contribution in [0.2, 0.25) is 0 Å². The number of aliphatic hydroxyl groups excluding tert-OH is 1. The minimum atomic E-state index is -1.08. The van der Waals surface area contributed by atoms with Gasteiger partial charge in [0.2, 0.25) is 0 Å². The van der Waals surface area contributed by atoms with Gasteiger partial charge in [-0.25, -0.2) is 0 Å². The van der Waals surface area contributed by atoms with E-state index in [4.69, 9.17) is 4.74 Å². The van der Waals surface area contributed by atoms with Crippen molar-refractivity contribution in [2.24, 2.45) is 11.8 Å². The van der Waals surface area contributed by atoms with Gasteiger partial charge in [0.05, 0.1) is 0 Å². The Bertz CT molecular complexity index is 684. The summed E-state index contributed by atoms with van der Waals surface area (Å²) < 4.78 is 5.36. The molecule has 1 N–H and O–H groups in total. The van der Waals surface area contributed by atoms with Crippen molar-refractivity contribution in [1.29, 1.82) is 0 Å². The highest BCUT2D eigenvalue weighted by atomic mass is 16.5. The lowest BCUT2D eigenvalue weighted by Gasteiger charge is -2.13. The Kier molecular flexibility index (Phi) is 12.2. The van der Waals surface area contributed by atoms with Gasteiger partial charge in [0.15, 0.2) is 5.78 Å². The van der Waals surface area contributed by atoms with Crippen LogP contribution in [0.4, 0.5) is 0 Å². The van der Waals surface area contributed by atoms with Gasteiger partial charge in [-0.15, -0.1) is 0 Å². The van der Waals surface area contributed by atoms with Crippen LogP contribution in [-0.2, 0) is 11.2 Å². The van der Waals surface area contributed by atoms with Crippen LogP contribution in [0.15, 0.2) is 54.6 Å². The van der Waals surface area contributed by atoms with Crippen LogP contribution >= 0.6 is 0 Å². The minimum absolute atomic E-state index is 0.220. The van der Waals surface area contributed by atoms with Crippen molar-refractivity contribution in [3.8, 4) is 0 Å². The van der Waals surface area contributed by atoms with Crippen molar-refractivity contribution in [3.05, 3.63) is 71.3 Å². The van der Waals surface area contributed by atoms with Gasteiger partial charge in [0.1, 0.15) is 6.10 Å². The maximum absolute atomic E-state index is 12.5. The fourth-order valence-corrected chi connectivity index (χ4v) is 2.82. The topological polar surface area (TPSA) is 46.5 Å². The first kappa shape index (κ1) is 25.1. The predicted molar refractivity (Wildman–Crippen MR) is 121 cm³/mol. The molecule has 0 radical (unpaired) electrons. The molecule has 160 valence electrons. The predicted octanol–water partition coefficient (Wildman–Crippen LogP) is 6.26. The molecule has 0 aromatic heterocycles. The maximum atomic E-state index is 12.5. The number of ketones is 1. The molecule has 0 spiro atoms. The summed E-state index contributed by atoms with van der Waals surface area (Å²) in [5, 5.41) is 10.2. The number of benzene rings is 2. The molecule has 0 aliphatic rings. The van der Waals surface area contributed by atoms with Crippen LogP contribution in [0.25, 0.3) is 0 Å². The first-order valence-corrected chi connectivity index (χ1v) is 10.8. The molecule has 0 heterocycles. The first-order chi connectivity index (χ1) is 13.9. The van der Waals surface area contributed by atoms with Gasteiger partial charge in [-0.05, 0) is 35.8 Å². The van der Waals surface area contributed by atoms with Crippen LogP contribution in [0.3, 0.4) is 0 Å². The summed E-state index contributed by atoms with van der Waals surface area (Å²) >= 11 is 0. The molecule has 29 heavy (non-hydrogen) atoms. The van der Waals surface area contributed by atoms with E-state index in [0.717, 1.165) is 38.0 Å². The third kappa shape index (κ3) is 9.87. The zero-order valence-corrected chi connectivity index (χ0v) is 18.7. The third-order valence-electron chi connectivity index (χ3n) is 4.35. The Hall–Kier alpha value is -1.97. The van der Waals surface area contributed by atoms with E-state index in [0.29, 0.717) is 23.0 Å². The van der Waals surface area contributed by atoms with E-state index >= 15 is 0 Å². The minimum Gasteiger partial charge on any atom is -0.381 e. The zero-order chi connectivity index (χ0) is 21.6. The number of carbonyl (C=O) groups is 1. The van der Waals surface area contributed by atoms with E-state index < -0.39 is 6.10 Å². The summed E-state index contributed by atoms with van der Waals surface area (Å²) in [6.07, 6.45) is 1.93. The highest BCUT2D eigenvalue weighted by Crippen LogP contribution is 2.21. The van der Waals surface area contributed by atoms with Gasteiger partial charge in [-0.3, -0.25) is 4.79 Å². The number of Topliss-reactive ketones (excluding diaryl/α,β-unsaturated/α-hetero) is 1. The lowest BCUT2D eigenvalue weighted by Crippen LogP contribution is -2.14. The molecule has 3 nitrogen and oxygen atoms in total. The van der Waals surface area contributed by atoms with E-state index in [2.05, 4.69) is 34.6 Å². The smallest absolute Gasteiger partial charge is 0.196 e. The standard InChI is InChI=1S/C18H20O2.C8H18O/c1-2-3-9-14-10-7-8-13-16(14)18(20)17(19)15-11-5-4-6-12-15;1-7(2)5-9-6-8(3)4/h4-8,10-13,17,19H,2-3,9H2,1H3;7-8H,5-6H2,1-4H3. The number of unbranched alkanes of at least 4 members (excludes halogenated alkanes) is 1. The Balaban J connectivity index is 0.000000396. The normalized spacial score (nSPS) is 11.9. The van der Waals surface area contributed by atoms with Crippen molar-refractivity contribution in [1.82, 2.24) is 0 Å². The van der Waals surface area contributed by atoms with Gasteiger partial charge in [0, 0.05) is 18.8 Å². The molecular weight excluding hydrogens is 360 g/mol. The fraction of sp³-hybridized carbons (Fsp3) is 0.500. The molecule has 3 heteroatoms. The zero-order valence-electron chi connectivity index (χ0n) is 18.7. The molecule has 0 saturated carbocycles. The molecule has 1 unspecified atom stereocenters. The molecule has 1 atom stereocenters. The molecule has 2 rings (SSSR count). The Morgan fingerprint density at radius 3 is 2.00 bits per heavy atom. The van der Waals surface area contributed by atoms with Crippen molar-refractivity contribution in [2.75, 3.05) is 13.2 Å². The summed E-state index contributed by atoms with van der Waals surface area (Å²) in [4.78, 5) is 12.5.